The first-order valence-electron chi connectivity index (χ1n) is 9.13. The van der Waals surface area contributed by atoms with Crippen LogP contribution in [0.3, 0.4) is 0 Å². The predicted molar refractivity (Wildman–Crippen MR) is 103 cm³/mol. The number of anilines is 1. The summed E-state index contributed by atoms with van der Waals surface area (Å²) >= 11 is 0. The molecule has 1 aromatic heterocycles. The fraction of sp³-hybridized carbons (Fsp3) is 0.238. The van der Waals surface area contributed by atoms with Crippen molar-refractivity contribution in [3.8, 4) is 11.3 Å². The topological polar surface area (TPSA) is 67.6 Å². The number of hydrogen-bond acceptors (Lipinski definition) is 5. The lowest BCUT2D eigenvalue weighted by molar-refractivity contribution is 0.0945. The molecule has 7 heteroatoms. The summed E-state index contributed by atoms with van der Waals surface area (Å²) in [6, 6.07) is 15.5. The van der Waals surface area contributed by atoms with Gasteiger partial charge in [-0.2, -0.15) is 0 Å². The molecule has 28 heavy (non-hydrogen) atoms. The number of ether oxygens (including phenoxy) is 1. The van der Waals surface area contributed by atoms with Crippen molar-refractivity contribution < 1.29 is 18.4 Å². The molecule has 0 unspecified atom stereocenters. The van der Waals surface area contributed by atoms with Crippen LogP contribution in [0.2, 0.25) is 0 Å². The first-order chi connectivity index (χ1) is 13.7. The number of hydrogen-bond donors (Lipinski definition) is 1. The first kappa shape index (κ1) is 18.2. The highest BCUT2D eigenvalue weighted by molar-refractivity contribution is 5.99. The minimum absolute atomic E-state index is 0.164. The number of carbonyl (C=O) groups is 1. The standard InChI is InChI=1S/C21H20FN3O3/c22-18-7-3-1-5-16(18)19-13-15(28-24-19)14-23-21(26)17-6-2-4-8-20(17)25-9-11-27-12-10-25/h1-8,13H,9-12,14H2,(H,23,26). The summed E-state index contributed by atoms with van der Waals surface area (Å²) in [4.78, 5) is 14.9. The second-order valence-corrected chi connectivity index (χ2v) is 6.46. The van der Waals surface area contributed by atoms with E-state index < -0.39 is 0 Å². The Hall–Kier alpha value is -3.19. The van der Waals surface area contributed by atoms with E-state index in [1.807, 2.05) is 18.2 Å². The van der Waals surface area contributed by atoms with Crippen LogP contribution < -0.4 is 10.2 Å². The van der Waals surface area contributed by atoms with Gasteiger partial charge in [-0.15, -0.1) is 0 Å². The quantitative estimate of drug-likeness (QED) is 0.735. The third-order valence-electron chi connectivity index (χ3n) is 4.63. The van der Waals surface area contributed by atoms with Gasteiger partial charge in [-0.25, -0.2) is 4.39 Å². The number of aromatic nitrogens is 1. The number of rotatable bonds is 5. The Morgan fingerprint density at radius 3 is 2.68 bits per heavy atom. The van der Waals surface area contributed by atoms with Crippen molar-refractivity contribution in [1.29, 1.82) is 0 Å². The Labute approximate surface area is 161 Å². The Bertz CT molecular complexity index is 967. The third kappa shape index (κ3) is 3.89. The summed E-state index contributed by atoms with van der Waals surface area (Å²) < 4.78 is 24.5. The predicted octanol–water partition coefficient (Wildman–Crippen LogP) is 3.25. The van der Waals surface area contributed by atoms with Crippen molar-refractivity contribution in [1.82, 2.24) is 10.5 Å². The summed E-state index contributed by atoms with van der Waals surface area (Å²) in [7, 11) is 0. The first-order valence-corrected chi connectivity index (χ1v) is 9.13. The Morgan fingerprint density at radius 2 is 1.86 bits per heavy atom. The van der Waals surface area contributed by atoms with Gasteiger partial charge in [0.25, 0.3) is 5.91 Å². The van der Waals surface area contributed by atoms with Crippen LogP contribution in [-0.2, 0) is 11.3 Å². The SMILES string of the molecule is O=C(NCc1cc(-c2ccccc2F)no1)c1ccccc1N1CCOCC1. The zero-order valence-electron chi connectivity index (χ0n) is 15.2. The van der Waals surface area contributed by atoms with Gasteiger partial charge in [0.15, 0.2) is 5.76 Å². The Kier molecular flexibility index (Phi) is 5.34. The van der Waals surface area contributed by atoms with E-state index in [0.717, 1.165) is 18.8 Å². The Morgan fingerprint density at radius 1 is 1.11 bits per heavy atom. The summed E-state index contributed by atoms with van der Waals surface area (Å²) in [5.41, 5.74) is 2.24. The minimum atomic E-state index is -0.370. The van der Waals surface area contributed by atoms with Crippen molar-refractivity contribution in [3.63, 3.8) is 0 Å². The van der Waals surface area contributed by atoms with E-state index in [4.69, 9.17) is 9.26 Å². The normalized spacial score (nSPS) is 14.1. The summed E-state index contributed by atoms with van der Waals surface area (Å²) in [5, 5.41) is 6.75. The lowest BCUT2D eigenvalue weighted by Gasteiger charge is -2.30. The molecule has 2 heterocycles. The van der Waals surface area contributed by atoms with Crippen molar-refractivity contribution >= 4 is 11.6 Å². The number of benzene rings is 2. The highest BCUT2D eigenvalue weighted by atomic mass is 19.1. The van der Waals surface area contributed by atoms with E-state index in [0.29, 0.717) is 35.8 Å². The molecule has 4 rings (SSSR count). The molecule has 3 aromatic rings. The van der Waals surface area contributed by atoms with Crippen LogP contribution in [0.25, 0.3) is 11.3 Å². The average Bonchev–Trinajstić information content (AvgIpc) is 3.22. The van der Waals surface area contributed by atoms with E-state index in [2.05, 4.69) is 15.4 Å². The Balaban J connectivity index is 1.45. The molecule has 1 saturated heterocycles. The fourth-order valence-corrected chi connectivity index (χ4v) is 3.20. The van der Waals surface area contributed by atoms with E-state index >= 15 is 0 Å². The molecule has 144 valence electrons. The van der Waals surface area contributed by atoms with Crippen LogP contribution in [0.1, 0.15) is 16.1 Å². The summed E-state index contributed by atoms with van der Waals surface area (Å²) in [5.74, 6) is -0.118. The van der Waals surface area contributed by atoms with Crippen molar-refractivity contribution in [2.45, 2.75) is 6.54 Å². The van der Waals surface area contributed by atoms with Crippen LogP contribution in [0.4, 0.5) is 10.1 Å². The van der Waals surface area contributed by atoms with Gasteiger partial charge in [0, 0.05) is 30.4 Å². The highest BCUT2D eigenvalue weighted by Crippen LogP contribution is 2.23. The number of morpholine rings is 1. The average molecular weight is 381 g/mol. The molecule has 6 nitrogen and oxygen atoms in total. The molecule has 1 N–H and O–H groups in total. The number of halogens is 1. The molecule has 1 fully saturated rings. The molecule has 0 saturated carbocycles. The monoisotopic (exact) mass is 381 g/mol. The maximum Gasteiger partial charge on any atom is 0.253 e. The van der Waals surface area contributed by atoms with E-state index in [9.17, 15) is 9.18 Å². The highest BCUT2D eigenvalue weighted by Gasteiger charge is 2.19. The zero-order valence-corrected chi connectivity index (χ0v) is 15.2. The van der Waals surface area contributed by atoms with Crippen LogP contribution >= 0.6 is 0 Å². The second-order valence-electron chi connectivity index (χ2n) is 6.46. The van der Waals surface area contributed by atoms with Gasteiger partial charge in [-0.05, 0) is 24.3 Å². The second kappa shape index (κ2) is 8.22. The molecule has 1 aliphatic heterocycles. The van der Waals surface area contributed by atoms with Crippen molar-refractivity contribution in [2.75, 3.05) is 31.2 Å². The van der Waals surface area contributed by atoms with Gasteiger partial charge in [-0.1, -0.05) is 29.4 Å². The van der Waals surface area contributed by atoms with Crippen LogP contribution in [0.15, 0.2) is 59.1 Å². The molecule has 1 aliphatic rings. The van der Waals surface area contributed by atoms with Gasteiger partial charge in [-0.3, -0.25) is 4.79 Å². The van der Waals surface area contributed by atoms with E-state index in [1.165, 1.54) is 6.07 Å². The van der Waals surface area contributed by atoms with Crippen molar-refractivity contribution in [3.05, 3.63) is 71.7 Å². The lowest BCUT2D eigenvalue weighted by Crippen LogP contribution is -2.37. The number of nitrogens with one attached hydrogen (secondary N) is 1. The lowest BCUT2D eigenvalue weighted by atomic mass is 10.1. The van der Waals surface area contributed by atoms with E-state index in [1.54, 1.807) is 30.3 Å². The maximum atomic E-state index is 13.9. The molecule has 1 amide bonds. The number of carbonyl (C=O) groups excluding carboxylic acids is 1. The van der Waals surface area contributed by atoms with Gasteiger partial charge in [0.1, 0.15) is 11.5 Å². The fourth-order valence-electron chi connectivity index (χ4n) is 3.20. The third-order valence-corrected chi connectivity index (χ3v) is 4.63. The molecule has 0 bridgehead atoms. The molecule has 0 atom stereocenters. The van der Waals surface area contributed by atoms with Crippen molar-refractivity contribution in [2.24, 2.45) is 0 Å². The van der Waals surface area contributed by atoms with Crippen LogP contribution in [-0.4, -0.2) is 37.4 Å². The smallest absolute Gasteiger partial charge is 0.253 e. The molecular formula is C21H20FN3O3. The van der Waals surface area contributed by atoms with Gasteiger partial charge in [0.2, 0.25) is 0 Å². The van der Waals surface area contributed by atoms with Gasteiger partial charge < -0.3 is 19.5 Å². The number of nitrogens with zero attached hydrogens (tertiary/aromatic N) is 2. The minimum Gasteiger partial charge on any atom is -0.378 e. The van der Waals surface area contributed by atoms with E-state index in [-0.39, 0.29) is 18.3 Å². The molecule has 2 aromatic carbocycles. The number of amides is 1. The van der Waals surface area contributed by atoms with Crippen LogP contribution in [0, 0.1) is 5.82 Å². The molecule has 0 aliphatic carbocycles. The summed E-state index contributed by atoms with van der Waals surface area (Å²) in [6.45, 7) is 2.95. The summed E-state index contributed by atoms with van der Waals surface area (Å²) in [6.07, 6.45) is 0. The number of para-hydroxylation sites is 1. The van der Waals surface area contributed by atoms with Gasteiger partial charge >= 0.3 is 0 Å². The van der Waals surface area contributed by atoms with Gasteiger partial charge in [0.05, 0.1) is 25.3 Å². The van der Waals surface area contributed by atoms with Crippen LogP contribution in [0.5, 0.6) is 0 Å². The zero-order chi connectivity index (χ0) is 19.3. The molecule has 0 spiro atoms. The maximum absolute atomic E-state index is 13.9. The molecular weight excluding hydrogens is 361 g/mol. The largest absolute Gasteiger partial charge is 0.378 e. The molecule has 0 radical (unpaired) electrons.